The van der Waals surface area contributed by atoms with Crippen LogP contribution in [0.3, 0.4) is 0 Å². The highest BCUT2D eigenvalue weighted by molar-refractivity contribution is 5.81. The van der Waals surface area contributed by atoms with Crippen molar-refractivity contribution in [1.29, 1.82) is 0 Å². The Morgan fingerprint density at radius 2 is 1.91 bits per heavy atom. The number of piperidine rings is 1. The Bertz CT molecular complexity index is 555. The highest BCUT2D eigenvalue weighted by Crippen LogP contribution is 2.28. The number of amides is 2. The van der Waals surface area contributed by atoms with Gasteiger partial charge in [0.05, 0.1) is 12.2 Å². The van der Waals surface area contributed by atoms with E-state index in [0.29, 0.717) is 12.5 Å². The molecule has 0 radical (unpaired) electrons. The summed E-state index contributed by atoms with van der Waals surface area (Å²) in [5.74, 6) is 0.651. The smallest absolute Gasteiger partial charge is 0.225 e. The van der Waals surface area contributed by atoms with Gasteiger partial charge in [-0.3, -0.25) is 14.7 Å². The molecule has 0 atom stereocenters. The molecule has 2 amide bonds. The van der Waals surface area contributed by atoms with E-state index in [9.17, 15) is 9.59 Å². The fraction of sp³-hybridized carbons (Fsp3) is 0.706. The molecule has 0 spiro atoms. The van der Waals surface area contributed by atoms with E-state index in [1.807, 2.05) is 17.9 Å². The fourth-order valence-corrected chi connectivity index (χ4v) is 3.68. The number of rotatable bonds is 4. The van der Waals surface area contributed by atoms with Gasteiger partial charge < -0.3 is 10.2 Å². The third kappa shape index (κ3) is 3.92. The Hall–Kier alpha value is -1.85. The number of aromatic nitrogens is 2. The summed E-state index contributed by atoms with van der Waals surface area (Å²) in [5, 5.41) is 9.95. The molecule has 3 rings (SSSR count). The number of nitrogens with zero attached hydrogens (tertiary/aromatic N) is 2. The van der Waals surface area contributed by atoms with Gasteiger partial charge in [-0.2, -0.15) is 5.10 Å². The van der Waals surface area contributed by atoms with Gasteiger partial charge in [0, 0.05) is 30.6 Å². The number of aryl methyl sites for hydroxylation is 1. The summed E-state index contributed by atoms with van der Waals surface area (Å²) in [7, 11) is 0. The largest absolute Gasteiger partial charge is 0.350 e. The lowest BCUT2D eigenvalue weighted by Crippen LogP contribution is -2.44. The van der Waals surface area contributed by atoms with E-state index in [1.165, 1.54) is 12.8 Å². The second-order valence-corrected chi connectivity index (χ2v) is 6.84. The summed E-state index contributed by atoms with van der Waals surface area (Å²) in [6, 6.07) is 1.93. The minimum absolute atomic E-state index is 0.0164. The number of likely N-dealkylation sites (tertiary alicyclic amines) is 1. The highest BCUT2D eigenvalue weighted by atomic mass is 16.2. The van der Waals surface area contributed by atoms with E-state index < -0.39 is 0 Å². The number of hydrogen-bond acceptors (Lipinski definition) is 3. The second-order valence-electron chi connectivity index (χ2n) is 6.84. The molecule has 2 heterocycles. The van der Waals surface area contributed by atoms with Gasteiger partial charge in [-0.1, -0.05) is 12.8 Å². The predicted octanol–water partition coefficient (Wildman–Crippen LogP) is 1.76. The Kier molecular flexibility index (Phi) is 4.98. The van der Waals surface area contributed by atoms with Crippen LogP contribution in [-0.2, 0) is 16.1 Å². The molecule has 23 heavy (non-hydrogen) atoms. The number of H-pyrrole nitrogens is 1. The molecule has 6 nitrogen and oxygen atoms in total. The van der Waals surface area contributed by atoms with Crippen LogP contribution in [0.1, 0.15) is 49.9 Å². The molecule has 1 saturated carbocycles. The van der Waals surface area contributed by atoms with Crippen molar-refractivity contribution < 1.29 is 9.59 Å². The monoisotopic (exact) mass is 318 g/mol. The van der Waals surface area contributed by atoms with Crippen LogP contribution in [0.4, 0.5) is 0 Å². The van der Waals surface area contributed by atoms with Crippen molar-refractivity contribution in [3.8, 4) is 0 Å². The molecule has 0 bridgehead atoms. The third-order valence-electron chi connectivity index (χ3n) is 5.08. The van der Waals surface area contributed by atoms with Crippen LogP contribution < -0.4 is 5.32 Å². The van der Waals surface area contributed by atoms with Crippen molar-refractivity contribution in [2.24, 2.45) is 11.8 Å². The van der Waals surface area contributed by atoms with Gasteiger partial charge in [-0.05, 0) is 38.7 Å². The zero-order chi connectivity index (χ0) is 16.2. The van der Waals surface area contributed by atoms with Crippen LogP contribution in [-0.4, -0.2) is 40.0 Å². The van der Waals surface area contributed by atoms with Crippen molar-refractivity contribution in [2.75, 3.05) is 13.1 Å². The fourth-order valence-electron chi connectivity index (χ4n) is 3.68. The van der Waals surface area contributed by atoms with Gasteiger partial charge in [0.2, 0.25) is 11.8 Å². The van der Waals surface area contributed by atoms with Crippen molar-refractivity contribution in [3.63, 3.8) is 0 Å². The van der Waals surface area contributed by atoms with Gasteiger partial charge in [-0.25, -0.2) is 0 Å². The average molecular weight is 318 g/mol. The van der Waals surface area contributed by atoms with E-state index in [0.717, 1.165) is 50.2 Å². The lowest BCUT2D eigenvalue weighted by molar-refractivity contribution is -0.139. The molecule has 2 aliphatic rings. The summed E-state index contributed by atoms with van der Waals surface area (Å²) in [4.78, 5) is 26.6. The Balaban J connectivity index is 1.42. The standard InChI is InChI=1S/C17H26N4O2/c1-12-10-15(20-19-12)11-18-16(22)13-6-8-21(9-7-13)17(23)14-4-2-3-5-14/h10,13-14H,2-9,11H2,1H3,(H,18,22)(H,19,20). The first kappa shape index (κ1) is 16.0. The Labute approximate surface area is 137 Å². The van der Waals surface area contributed by atoms with Gasteiger partial charge in [0.15, 0.2) is 0 Å². The summed E-state index contributed by atoms with van der Waals surface area (Å²) in [5.41, 5.74) is 1.85. The molecule has 1 aromatic heterocycles. The maximum absolute atomic E-state index is 12.4. The zero-order valence-corrected chi connectivity index (χ0v) is 13.8. The van der Waals surface area contributed by atoms with Crippen molar-refractivity contribution >= 4 is 11.8 Å². The molecular formula is C17H26N4O2. The van der Waals surface area contributed by atoms with Crippen LogP contribution >= 0.6 is 0 Å². The average Bonchev–Trinajstić information content (AvgIpc) is 3.24. The van der Waals surface area contributed by atoms with Crippen molar-refractivity contribution in [1.82, 2.24) is 20.4 Å². The Morgan fingerprint density at radius 1 is 1.22 bits per heavy atom. The van der Waals surface area contributed by atoms with Crippen LogP contribution in [0.2, 0.25) is 0 Å². The summed E-state index contributed by atoms with van der Waals surface area (Å²) < 4.78 is 0. The molecule has 126 valence electrons. The lowest BCUT2D eigenvalue weighted by Gasteiger charge is -2.33. The summed E-state index contributed by atoms with van der Waals surface area (Å²) in [6.07, 6.45) is 5.99. The number of nitrogens with one attached hydrogen (secondary N) is 2. The van der Waals surface area contributed by atoms with Crippen LogP contribution in [0, 0.1) is 18.8 Å². The topological polar surface area (TPSA) is 78.1 Å². The normalized spacial score (nSPS) is 20.0. The number of carbonyl (C=O) groups is 2. The van der Waals surface area contributed by atoms with Crippen LogP contribution in [0.15, 0.2) is 6.07 Å². The third-order valence-corrected chi connectivity index (χ3v) is 5.08. The van der Waals surface area contributed by atoms with Gasteiger partial charge >= 0.3 is 0 Å². The molecule has 1 aliphatic carbocycles. The maximum Gasteiger partial charge on any atom is 0.225 e. The van der Waals surface area contributed by atoms with Crippen LogP contribution in [0.5, 0.6) is 0 Å². The molecule has 1 aliphatic heterocycles. The van der Waals surface area contributed by atoms with E-state index in [1.54, 1.807) is 0 Å². The SMILES string of the molecule is Cc1cc(CNC(=O)C2CCN(C(=O)C3CCCC3)CC2)n[nH]1. The van der Waals surface area contributed by atoms with Crippen molar-refractivity contribution in [2.45, 2.75) is 52.0 Å². The molecule has 6 heteroatoms. The van der Waals surface area contributed by atoms with E-state index in [2.05, 4.69) is 15.5 Å². The summed E-state index contributed by atoms with van der Waals surface area (Å²) in [6.45, 7) is 3.84. The molecule has 2 N–H and O–H groups in total. The first-order valence-electron chi connectivity index (χ1n) is 8.71. The molecule has 0 unspecified atom stereocenters. The van der Waals surface area contributed by atoms with Gasteiger partial charge in [-0.15, -0.1) is 0 Å². The predicted molar refractivity (Wildman–Crippen MR) is 86.4 cm³/mol. The van der Waals surface area contributed by atoms with Crippen LogP contribution in [0.25, 0.3) is 0 Å². The lowest BCUT2D eigenvalue weighted by atomic mass is 9.94. The maximum atomic E-state index is 12.4. The molecule has 0 aromatic carbocycles. The second kappa shape index (κ2) is 7.15. The zero-order valence-electron chi connectivity index (χ0n) is 13.8. The van der Waals surface area contributed by atoms with E-state index in [4.69, 9.17) is 0 Å². The minimum atomic E-state index is 0.0164. The number of aromatic amines is 1. The van der Waals surface area contributed by atoms with E-state index in [-0.39, 0.29) is 17.7 Å². The van der Waals surface area contributed by atoms with Gasteiger partial charge in [0.25, 0.3) is 0 Å². The first-order chi connectivity index (χ1) is 11.1. The Morgan fingerprint density at radius 3 is 2.52 bits per heavy atom. The first-order valence-corrected chi connectivity index (χ1v) is 8.71. The quantitative estimate of drug-likeness (QED) is 0.888. The molecule has 1 aromatic rings. The highest BCUT2D eigenvalue weighted by Gasteiger charge is 2.31. The summed E-state index contributed by atoms with van der Waals surface area (Å²) >= 11 is 0. The number of hydrogen-bond donors (Lipinski definition) is 2. The molecular weight excluding hydrogens is 292 g/mol. The van der Waals surface area contributed by atoms with E-state index >= 15 is 0 Å². The van der Waals surface area contributed by atoms with Gasteiger partial charge in [0.1, 0.15) is 0 Å². The molecule has 1 saturated heterocycles. The number of carbonyl (C=O) groups excluding carboxylic acids is 2. The van der Waals surface area contributed by atoms with Crippen molar-refractivity contribution in [3.05, 3.63) is 17.5 Å². The minimum Gasteiger partial charge on any atom is -0.350 e. The molecule has 2 fully saturated rings.